The average molecular weight is 259 g/mol. The molecule has 1 aromatic rings. The summed E-state index contributed by atoms with van der Waals surface area (Å²) in [4.78, 5) is 2.13. The lowest BCUT2D eigenvalue weighted by molar-refractivity contribution is 0.132. The number of aliphatic hydroxyl groups is 1. The number of nitrogens with zero attached hydrogens (tertiary/aromatic N) is 1. The lowest BCUT2D eigenvalue weighted by atomic mass is 9.92. The molecule has 0 saturated carbocycles. The number of hydrogen-bond donors (Lipinski definition) is 2. The Labute approximate surface area is 114 Å². The molecule has 0 spiro atoms. The van der Waals surface area contributed by atoms with Crippen LogP contribution in [0.3, 0.4) is 0 Å². The number of likely N-dealkylation sites (N-methyl/N-ethyl adjacent to an activating group) is 1. The van der Waals surface area contributed by atoms with E-state index in [-0.39, 0.29) is 17.9 Å². The molecule has 0 fully saturated rings. The number of hydrogen-bond acceptors (Lipinski definition) is 3. The zero-order valence-corrected chi connectivity index (χ0v) is 11.5. The number of phenolic OH excluding ortho intramolecular Hbond substituents is 1. The molecule has 0 radical (unpaired) electrons. The molecule has 0 aliphatic heterocycles. The van der Waals surface area contributed by atoms with Crippen LogP contribution in [-0.2, 0) is 0 Å². The van der Waals surface area contributed by atoms with Gasteiger partial charge in [-0.2, -0.15) is 0 Å². The van der Waals surface area contributed by atoms with Crippen LogP contribution in [0.1, 0.15) is 25.3 Å². The summed E-state index contributed by atoms with van der Waals surface area (Å²) < 4.78 is 0. The van der Waals surface area contributed by atoms with Crippen molar-refractivity contribution in [1.82, 2.24) is 4.90 Å². The number of rotatable bonds is 3. The third-order valence-electron chi connectivity index (χ3n) is 3.62. The summed E-state index contributed by atoms with van der Waals surface area (Å²) in [7, 11) is 2.02. The third kappa shape index (κ3) is 3.61. The van der Waals surface area contributed by atoms with Gasteiger partial charge in [0.25, 0.3) is 0 Å². The van der Waals surface area contributed by atoms with Crippen LogP contribution in [0.5, 0.6) is 5.75 Å². The van der Waals surface area contributed by atoms with Crippen molar-refractivity contribution in [2.45, 2.75) is 31.9 Å². The minimum absolute atomic E-state index is 0.238. The summed E-state index contributed by atoms with van der Waals surface area (Å²) in [5.74, 6) is 0.277. The Balaban J connectivity index is 2.04. The first-order valence-electron chi connectivity index (χ1n) is 6.60. The zero-order chi connectivity index (χ0) is 13.8. The number of benzene rings is 1. The smallest absolute Gasteiger partial charge is 0.115 e. The molecule has 2 rings (SSSR count). The fraction of sp³-hybridized carbons (Fsp3) is 0.375. The van der Waals surface area contributed by atoms with Crippen molar-refractivity contribution < 1.29 is 10.2 Å². The molecule has 0 heterocycles. The molecule has 19 heavy (non-hydrogen) atoms. The molecule has 1 aliphatic rings. The van der Waals surface area contributed by atoms with E-state index in [1.54, 1.807) is 12.1 Å². The number of aromatic hydroxyl groups is 1. The highest BCUT2D eigenvalue weighted by Gasteiger charge is 2.22. The van der Waals surface area contributed by atoms with Crippen molar-refractivity contribution in [3.63, 3.8) is 0 Å². The standard InChI is InChI=1S/C16H21NO2/c1-12-3-6-15(19)11-16(12)17(2)10-9-13-4-7-14(18)8-5-13/h3-5,7-10,15-16,18-19H,6,11H2,1-2H3/b10-9-/t15-,16-/m0/s1. The highest BCUT2D eigenvalue weighted by Crippen LogP contribution is 2.23. The lowest BCUT2D eigenvalue weighted by Gasteiger charge is -2.32. The maximum Gasteiger partial charge on any atom is 0.115 e. The summed E-state index contributed by atoms with van der Waals surface area (Å²) >= 11 is 0. The molecule has 1 aliphatic carbocycles. The molecular weight excluding hydrogens is 238 g/mol. The molecule has 1 aromatic carbocycles. The Morgan fingerprint density at radius 3 is 2.63 bits per heavy atom. The van der Waals surface area contributed by atoms with Crippen molar-refractivity contribution >= 4 is 6.08 Å². The topological polar surface area (TPSA) is 43.7 Å². The molecule has 3 heteroatoms. The van der Waals surface area contributed by atoms with Gasteiger partial charge in [0, 0.05) is 7.05 Å². The molecule has 2 atom stereocenters. The fourth-order valence-corrected chi connectivity index (χ4v) is 2.38. The van der Waals surface area contributed by atoms with Gasteiger partial charge in [-0.25, -0.2) is 0 Å². The third-order valence-corrected chi connectivity index (χ3v) is 3.62. The van der Waals surface area contributed by atoms with Gasteiger partial charge < -0.3 is 15.1 Å². The normalized spacial score (nSPS) is 23.4. The molecule has 102 valence electrons. The van der Waals surface area contributed by atoms with E-state index in [1.807, 2.05) is 31.5 Å². The minimum atomic E-state index is -0.238. The first-order valence-corrected chi connectivity index (χ1v) is 6.60. The van der Waals surface area contributed by atoms with Gasteiger partial charge in [-0.1, -0.05) is 23.8 Å². The predicted octanol–water partition coefficient (Wildman–Crippen LogP) is 2.76. The fourth-order valence-electron chi connectivity index (χ4n) is 2.38. The van der Waals surface area contributed by atoms with Crippen molar-refractivity contribution in [2.24, 2.45) is 0 Å². The Morgan fingerprint density at radius 2 is 1.95 bits per heavy atom. The first kappa shape index (κ1) is 13.7. The quantitative estimate of drug-likeness (QED) is 0.820. The van der Waals surface area contributed by atoms with Crippen molar-refractivity contribution in [3.05, 3.63) is 47.7 Å². The van der Waals surface area contributed by atoms with Gasteiger partial charge in [-0.05, 0) is 49.7 Å². The summed E-state index contributed by atoms with van der Waals surface area (Å²) in [6.07, 6.45) is 7.44. The van der Waals surface area contributed by atoms with Crippen molar-refractivity contribution in [1.29, 1.82) is 0 Å². The van der Waals surface area contributed by atoms with Gasteiger partial charge in [0.05, 0.1) is 12.1 Å². The van der Waals surface area contributed by atoms with Gasteiger partial charge in [0.1, 0.15) is 5.75 Å². The molecule has 3 nitrogen and oxygen atoms in total. The van der Waals surface area contributed by atoms with Crippen LogP contribution in [0.15, 0.2) is 42.1 Å². The molecule has 0 aromatic heterocycles. The Bertz CT molecular complexity index is 476. The van der Waals surface area contributed by atoms with E-state index in [2.05, 4.69) is 17.9 Å². The van der Waals surface area contributed by atoms with Crippen LogP contribution < -0.4 is 0 Å². The first-order chi connectivity index (χ1) is 9.06. The highest BCUT2D eigenvalue weighted by atomic mass is 16.3. The van der Waals surface area contributed by atoms with E-state index in [4.69, 9.17) is 0 Å². The molecule has 0 saturated heterocycles. The minimum Gasteiger partial charge on any atom is -0.508 e. The van der Waals surface area contributed by atoms with E-state index in [1.165, 1.54) is 5.57 Å². The number of aliphatic hydroxyl groups excluding tert-OH is 1. The monoisotopic (exact) mass is 259 g/mol. The Kier molecular flexibility index (Phi) is 4.27. The molecular formula is C16H21NO2. The van der Waals surface area contributed by atoms with Gasteiger partial charge in [-0.3, -0.25) is 0 Å². The summed E-state index contributed by atoms with van der Waals surface area (Å²) in [5, 5.41) is 19.0. The van der Waals surface area contributed by atoms with Crippen LogP contribution in [0, 0.1) is 0 Å². The summed E-state index contributed by atoms with van der Waals surface area (Å²) in [6, 6.07) is 7.36. The van der Waals surface area contributed by atoms with Crippen molar-refractivity contribution in [3.8, 4) is 5.75 Å². The van der Waals surface area contributed by atoms with Gasteiger partial charge in [0.2, 0.25) is 0 Å². The second kappa shape index (κ2) is 5.93. The van der Waals surface area contributed by atoms with Gasteiger partial charge >= 0.3 is 0 Å². The van der Waals surface area contributed by atoms with Crippen LogP contribution in [0.4, 0.5) is 0 Å². The maximum atomic E-state index is 9.74. The van der Waals surface area contributed by atoms with Crippen LogP contribution in [-0.4, -0.2) is 34.3 Å². The summed E-state index contributed by atoms with van der Waals surface area (Å²) in [5.41, 5.74) is 2.35. The Hall–Kier alpha value is -1.74. The van der Waals surface area contributed by atoms with Crippen LogP contribution in [0.25, 0.3) is 6.08 Å². The van der Waals surface area contributed by atoms with E-state index in [9.17, 15) is 10.2 Å². The van der Waals surface area contributed by atoms with Gasteiger partial charge in [0.15, 0.2) is 0 Å². The molecule has 0 unspecified atom stereocenters. The molecule has 0 amide bonds. The lowest BCUT2D eigenvalue weighted by Crippen LogP contribution is -2.34. The second-order valence-electron chi connectivity index (χ2n) is 5.16. The zero-order valence-electron chi connectivity index (χ0n) is 11.5. The highest BCUT2D eigenvalue weighted by molar-refractivity contribution is 5.50. The van der Waals surface area contributed by atoms with E-state index in [0.717, 1.165) is 18.4 Å². The maximum absolute atomic E-state index is 9.74. The SMILES string of the molecule is CC1=CC[C@H](O)C[C@@H]1N(C)/C=C\c1ccc(O)cc1. The van der Waals surface area contributed by atoms with E-state index < -0.39 is 0 Å². The van der Waals surface area contributed by atoms with Gasteiger partial charge in [-0.15, -0.1) is 0 Å². The largest absolute Gasteiger partial charge is 0.508 e. The second-order valence-corrected chi connectivity index (χ2v) is 5.16. The van der Waals surface area contributed by atoms with Crippen LogP contribution >= 0.6 is 0 Å². The number of phenols is 1. The Morgan fingerprint density at radius 1 is 1.26 bits per heavy atom. The summed E-state index contributed by atoms with van der Waals surface area (Å²) in [6.45, 7) is 2.11. The average Bonchev–Trinajstić information content (AvgIpc) is 2.40. The van der Waals surface area contributed by atoms with Crippen molar-refractivity contribution in [2.75, 3.05) is 7.05 Å². The van der Waals surface area contributed by atoms with E-state index in [0.29, 0.717) is 0 Å². The molecule has 0 bridgehead atoms. The molecule has 2 N–H and O–H groups in total. The van der Waals surface area contributed by atoms with E-state index >= 15 is 0 Å². The predicted molar refractivity (Wildman–Crippen MR) is 77.7 cm³/mol. The van der Waals surface area contributed by atoms with Crippen LogP contribution in [0.2, 0.25) is 0 Å².